The molecular formula is C19H20N4O2S2. The fraction of sp³-hybridized carbons (Fsp3) is 0.211. The number of aromatic nitrogens is 2. The van der Waals surface area contributed by atoms with E-state index in [0.717, 1.165) is 16.4 Å². The van der Waals surface area contributed by atoms with Gasteiger partial charge in [-0.25, -0.2) is 4.98 Å². The van der Waals surface area contributed by atoms with Crippen LogP contribution in [0.5, 0.6) is 0 Å². The summed E-state index contributed by atoms with van der Waals surface area (Å²) in [4.78, 5) is 28.4. The molecular weight excluding hydrogens is 380 g/mol. The zero-order chi connectivity index (χ0) is 19.6. The summed E-state index contributed by atoms with van der Waals surface area (Å²) in [6.45, 7) is 5.91. The third-order valence-corrected chi connectivity index (χ3v) is 5.95. The van der Waals surface area contributed by atoms with Gasteiger partial charge in [0.05, 0.1) is 16.5 Å². The first-order chi connectivity index (χ1) is 12.9. The first-order valence-corrected chi connectivity index (χ1v) is 10.1. The van der Waals surface area contributed by atoms with Crippen molar-refractivity contribution >= 4 is 39.9 Å². The Bertz CT molecular complexity index is 993. The van der Waals surface area contributed by atoms with E-state index >= 15 is 0 Å². The van der Waals surface area contributed by atoms with E-state index in [1.54, 1.807) is 24.6 Å². The molecule has 27 heavy (non-hydrogen) atoms. The molecule has 0 radical (unpaired) electrons. The molecule has 0 bridgehead atoms. The third-order valence-electron chi connectivity index (χ3n) is 4.04. The van der Waals surface area contributed by atoms with Crippen LogP contribution in [0.1, 0.15) is 28.4 Å². The van der Waals surface area contributed by atoms with Crippen LogP contribution in [-0.4, -0.2) is 26.6 Å². The summed E-state index contributed by atoms with van der Waals surface area (Å²) >= 11 is 2.63. The third kappa shape index (κ3) is 4.23. The predicted octanol–water partition coefficient (Wildman–Crippen LogP) is 3.77. The van der Waals surface area contributed by atoms with Crippen molar-refractivity contribution in [1.29, 1.82) is 0 Å². The van der Waals surface area contributed by atoms with Crippen molar-refractivity contribution in [2.45, 2.75) is 31.2 Å². The number of aryl methyl sites for hydroxylation is 2. The van der Waals surface area contributed by atoms with E-state index in [4.69, 9.17) is 5.73 Å². The van der Waals surface area contributed by atoms with Crippen LogP contribution in [0.25, 0.3) is 5.69 Å². The number of anilines is 1. The van der Waals surface area contributed by atoms with Crippen LogP contribution in [-0.2, 0) is 4.79 Å². The van der Waals surface area contributed by atoms with Gasteiger partial charge in [0, 0.05) is 12.4 Å². The molecule has 6 nitrogen and oxygen atoms in total. The molecule has 3 aromatic rings. The average molecular weight is 401 g/mol. The molecule has 0 saturated carbocycles. The van der Waals surface area contributed by atoms with E-state index in [1.165, 1.54) is 28.7 Å². The quantitative estimate of drug-likeness (QED) is 0.616. The van der Waals surface area contributed by atoms with Gasteiger partial charge in [-0.15, -0.1) is 11.3 Å². The smallest absolute Gasteiger partial charge is 0.251 e. The maximum Gasteiger partial charge on any atom is 0.251 e. The van der Waals surface area contributed by atoms with Gasteiger partial charge in [0.15, 0.2) is 5.16 Å². The molecule has 1 unspecified atom stereocenters. The highest BCUT2D eigenvalue weighted by Gasteiger charge is 2.20. The van der Waals surface area contributed by atoms with E-state index in [9.17, 15) is 9.59 Å². The number of nitrogens with zero attached hydrogens (tertiary/aromatic N) is 2. The molecule has 1 aromatic carbocycles. The number of carbonyl (C=O) groups is 2. The van der Waals surface area contributed by atoms with Crippen LogP contribution in [0.2, 0.25) is 0 Å². The molecule has 2 amide bonds. The van der Waals surface area contributed by atoms with Gasteiger partial charge in [-0.3, -0.25) is 14.2 Å². The minimum Gasteiger partial charge on any atom is -0.366 e. The van der Waals surface area contributed by atoms with Crippen molar-refractivity contribution in [1.82, 2.24) is 9.55 Å². The molecule has 3 rings (SSSR count). The van der Waals surface area contributed by atoms with Crippen LogP contribution >= 0.6 is 23.1 Å². The highest BCUT2D eigenvalue weighted by Crippen LogP contribution is 2.28. The van der Waals surface area contributed by atoms with Crippen molar-refractivity contribution in [2.75, 3.05) is 5.32 Å². The van der Waals surface area contributed by atoms with Crippen molar-refractivity contribution in [3.8, 4) is 5.69 Å². The Morgan fingerprint density at radius 2 is 2.07 bits per heavy atom. The molecule has 8 heteroatoms. The van der Waals surface area contributed by atoms with E-state index < -0.39 is 11.2 Å². The number of hydrogen-bond donors (Lipinski definition) is 2. The van der Waals surface area contributed by atoms with Gasteiger partial charge in [-0.2, -0.15) is 0 Å². The number of benzene rings is 1. The van der Waals surface area contributed by atoms with Gasteiger partial charge < -0.3 is 11.1 Å². The maximum atomic E-state index is 12.6. The highest BCUT2D eigenvalue weighted by molar-refractivity contribution is 8.00. The number of thiophene rings is 1. The molecule has 0 aliphatic rings. The van der Waals surface area contributed by atoms with Gasteiger partial charge in [0.25, 0.3) is 5.91 Å². The van der Waals surface area contributed by atoms with Crippen LogP contribution < -0.4 is 11.1 Å². The number of rotatable bonds is 6. The highest BCUT2D eigenvalue weighted by atomic mass is 32.2. The van der Waals surface area contributed by atoms with E-state index in [2.05, 4.69) is 36.3 Å². The summed E-state index contributed by atoms with van der Waals surface area (Å²) in [5, 5.41) is 5.30. The number of thioether (sulfide) groups is 1. The number of nitrogens with one attached hydrogen (secondary N) is 1. The average Bonchev–Trinajstić information content (AvgIpc) is 3.24. The molecule has 3 N–H and O–H groups in total. The Hall–Kier alpha value is -2.58. The molecule has 0 saturated heterocycles. The van der Waals surface area contributed by atoms with Gasteiger partial charge in [-0.05, 0) is 43.8 Å². The SMILES string of the molecule is Cc1ccc(-n2ccnc2SC(C)C(=O)Nc2sccc2C(N)=O)c(C)c1. The minimum atomic E-state index is -0.558. The minimum absolute atomic E-state index is 0.208. The van der Waals surface area contributed by atoms with E-state index in [0.29, 0.717) is 10.6 Å². The number of primary amides is 1. The fourth-order valence-corrected chi connectivity index (χ4v) is 4.33. The molecule has 1 atom stereocenters. The van der Waals surface area contributed by atoms with Crippen LogP contribution in [0.15, 0.2) is 47.2 Å². The Balaban J connectivity index is 1.76. The second-order valence-electron chi connectivity index (χ2n) is 6.15. The maximum absolute atomic E-state index is 12.6. The second kappa shape index (κ2) is 7.98. The zero-order valence-corrected chi connectivity index (χ0v) is 16.9. The Morgan fingerprint density at radius 3 is 2.78 bits per heavy atom. The number of imidazole rings is 1. The summed E-state index contributed by atoms with van der Waals surface area (Å²) in [7, 11) is 0. The van der Waals surface area contributed by atoms with Crippen LogP contribution in [0, 0.1) is 13.8 Å². The van der Waals surface area contributed by atoms with Crippen molar-refractivity contribution in [3.05, 3.63) is 58.7 Å². The standard InChI is InChI=1S/C19H20N4O2S2/c1-11-4-5-15(12(2)10-11)23-8-7-21-19(23)27-13(3)17(25)22-18-14(16(20)24)6-9-26-18/h4-10,13H,1-3H3,(H2,20,24)(H,22,25). The largest absolute Gasteiger partial charge is 0.366 e. The summed E-state index contributed by atoms with van der Waals surface area (Å²) in [5.74, 6) is -0.766. The molecule has 140 valence electrons. The fourth-order valence-electron chi connectivity index (χ4n) is 2.66. The van der Waals surface area contributed by atoms with Crippen LogP contribution in [0.4, 0.5) is 5.00 Å². The summed E-state index contributed by atoms with van der Waals surface area (Å²) < 4.78 is 1.98. The lowest BCUT2D eigenvalue weighted by Gasteiger charge is -2.14. The van der Waals surface area contributed by atoms with Gasteiger partial charge in [-0.1, -0.05) is 29.5 Å². The second-order valence-corrected chi connectivity index (χ2v) is 8.37. The molecule has 0 spiro atoms. The zero-order valence-electron chi connectivity index (χ0n) is 15.2. The van der Waals surface area contributed by atoms with Crippen molar-refractivity contribution < 1.29 is 9.59 Å². The molecule has 2 heterocycles. The van der Waals surface area contributed by atoms with Crippen molar-refractivity contribution in [3.63, 3.8) is 0 Å². The lowest BCUT2D eigenvalue weighted by atomic mass is 10.1. The first kappa shape index (κ1) is 19.2. The summed E-state index contributed by atoms with van der Waals surface area (Å²) in [5.41, 5.74) is 9.01. The Morgan fingerprint density at radius 1 is 1.30 bits per heavy atom. The topological polar surface area (TPSA) is 90.0 Å². The molecule has 0 aliphatic carbocycles. The number of carbonyl (C=O) groups excluding carboxylic acids is 2. The first-order valence-electron chi connectivity index (χ1n) is 8.32. The van der Waals surface area contributed by atoms with Gasteiger partial charge >= 0.3 is 0 Å². The van der Waals surface area contributed by atoms with Crippen LogP contribution in [0.3, 0.4) is 0 Å². The van der Waals surface area contributed by atoms with E-state index in [1.807, 2.05) is 16.8 Å². The lowest BCUT2D eigenvalue weighted by molar-refractivity contribution is -0.115. The monoisotopic (exact) mass is 400 g/mol. The van der Waals surface area contributed by atoms with E-state index in [-0.39, 0.29) is 5.91 Å². The van der Waals surface area contributed by atoms with Gasteiger partial charge in [0.1, 0.15) is 5.00 Å². The molecule has 0 aliphatic heterocycles. The lowest BCUT2D eigenvalue weighted by Crippen LogP contribution is -2.24. The van der Waals surface area contributed by atoms with Crippen molar-refractivity contribution in [2.24, 2.45) is 5.73 Å². The number of hydrogen-bond acceptors (Lipinski definition) is 5. The predicted molar refractivity (Wildman–Crippen MR) is 110 cm³/mol. The normalized spacial score (nSPS) is 12.0. The summed E-state index contributed by atoms with van der Waals surface area (Å²) in [6, 6.07) is 7.82. The Labute approximate surface area is 165 Å². The number of amides is 2. The van der Waals surface area contributed by atoms with Gasteiger partial charge in [0.2, 0.25) is 5.91 Å². The summed E-state index contributed by atoms with van der Waals surface area (Å²) in [6.07, 6.45) is 3.60. The Kier molecular flexibility index (Phi) is 5.67. The molecule has 0 fully saturated rings. The molecule has 2 aromatic heterocycles. The number of nitrogens with two attached hydrogens (primary N) is 1.